The van der Waals surface area contributed by atoms with Crippen molar-refractivity contribution in [3.63, 3.8) is 0 Å². The molecule has 0 heterocycles. The van der Waals surface area contributed by atoms with Crippen LogP contribution >= 0.6 is 0 Å². The summed E-state index contributed by atoms with van der Waals surface area (Å²) in [5.41, 5.74) is 0.785. The Morgan fingerprint density at radius 2 is 1.83 bits per heavy atom. The molecule has 0 aliphatic rings. The van der Waals surface area contributed by atoms with E-state index in [1.54, 1.807) is 19.1 Å². The molecule has 1 atom stereocenters. The fourth-order valence-electron chi connectivity index (χ4n) is 0.878. The zero-order valence-electron chi connectivity index (χ0n) is 6.99. The predicted octanol–water partition coefficient (Wildman–Crippen LogP) is 0.537. The van der Waals surface area contributed by atoms with Gasteiger partial charge in [0.2, 0.25) is 0 Å². The van der Waals surface area contributed by atoms with Gasteiger partial charge in [-0.25, -0.2) is 0 Å². The molecule has 12 heavy (non-hydrogen) atoms. The van der Waals surface area contributed by atoms with E-state index in [9.17, 15) is 9.90 Å². The molecule has 1 aromatic rings. The third-order valence-corrected chi connectivity index (χ3v) is 1.65. The van der Waals surface area contributed by atoms with Gasteiger partial charge in [0.15, 0.2) is 0 Å². The zero-order valence-corrected chi connectivity index (χ0v) is 12.5. The van der Waals surface area contributed by atoms with Crippen LogP contribution in [-0.2, 0) is 32.5 Å². The van der Waals surface area contributed by atoms with Crippen molar-refractivity contribution in [3.8, 4) is 0 Å². The average Bonchev–Trinajstić information content (AvgIpc) is 2.05. The molecule has 1 aromatic carbocycles. The van der Waals surface area contributed by atoms with Gasteiger partial charge in [-0.2, -0.15) is 0 Å². The molecule has 2 nitrogen and oxygen atoms in total. The third kappa shape index (κ3) is 2.93. The van der Waals surface area contributed by atoms with Crippen molar-refractivity contribution in [1.29, 1.82) is 0 Å². The van der Waals surface area contributed by atoms with Crippen LogP contribution in [-0.4, -0.2) is 5.97 Å². The number of carbonyl (C=O) groups is 1. The molecule has 0 aliphatic carbocycles. The van der Waals surface area contributed by atoms with E-state index in [0.29, 0.717) is 0 Å². The fourth-order valence-corrected chi connectivity index (χ4v) is 0.878. The van der Waals surface area contributed by atoms with Gasteiger partial charge in [0, 0.05) is 11.9 Å². The maximum absolute atomic E-state index is 10.4. The Kier molecular flexibility index (Phi) is 5.14. The SMILES string of the molecule is CC(C(=O)[O-])c1ccccc1.[Hg+]. The number of rotatable bonds is 2. The van der Waals surface area contributed by atoms with Gasteiger partial charge < -0.3 is 9.90 Å². The molecule has 1 unspecified atom stereocenters. The minimum absolute atomic E-state index is 0. The molecule has 0 fully saturated rings. The molecule has 59 valence electrons. The second-order valence-electron chi connectivity index (χ2n) is 2.45. The van der Waals surface area contributed by atoms with E-state index in [1.807, 2.05) is 18.2 Å². The van der Waals surface area contributed by atoms with Crippen LogP contribution < -0.4 is 5.11 Å². The summed E-state index contributed by atoms with van der Waals surface area (Å²) in [7, 11) is 0. The van der Waals surface area contributed by atoms with Crippen LogP contribution in [0.3, 0.4) is 0 Å². The number of hydrogen-bond donors (Lipinski definition) is 0. The van der Waals surface area contributed by atoms with Crippen LogP contribution in [0.1, 0.15) is 18.4 Å². The van der Waals surface area contributed by atoms with E-state index in [1.165, 1.54) is 0 Å². The Morgan fingerprint density at radius 1 is 1.33 bits per heavy atom. The van der Waals surface area contributed by atoms with Gasteiger partial charge in [-0.05, 0) is 5.56 Å². The summed E-state index contributed by atoms with van der Waals surface area (Å²) in [5.74, 6) is -1.55. The van der Waals surface area contributed by atoms with E-state index in [2.05, 4.69) is 0 Å². The number of hydrogen-bond acceptors (Lipinski definition) is 2. The van der Waals surface area contributed by atoms with Gasteiger partial charge in [0.25, 0.3) is 0 Å². The summed E-state index contributed by atoms with van der Waals surface area (Å²) in [4.78, 5) is 10.4. The molecule has 0 amide bonds. The molecular formula is C9H9HgO2. The van der Waals surface area contributed by atoms with Crippen molar-refractivity contribution < 1.29 is 37.6 Å². The molecule has 0 spiro atoms. The molecule has 3 heteroatoms. The Balaban J connectivity index is 0.00000121. The minimum Gasteiger partial charge on any atom is -0.550 e. The van der Waals surface area contributed by atoms with Crippen molar-refractivity contribution in [2.24, 2.45) is 0 Å². The van der Waals surface area contributed by atoms with Gasteiger partial charge in [0.1, 0.15) is 0 Å². The van der Waals surface area contributed by atoms with Gasteiger partial charge >= 0.3 is 27.7 Å². The molecule has 1 rings (SSSR count). The van der Waals surface area contributed by atoms with Crippen molar-refractivity contribution in [1.82, 2.24) is 0 Å². The van der Waals surface area contributed by atoms with E-state index in [4.69, 9.17) is 0 Å². The van der Waals surface area contributed by atoms with Crippen LogP contribution in [0.25, 0.3) is 0 Å². The summed E-state index contributed by atoms with van der Waals surface area (Å²) >= 11 is 0. The molecule has 0 bridgehead atoms. The Labute approximate surface area is 92.1 Å². The topological polar surface area (TPSA) is 40.1 Å². The first kappa shape index (κ1) is 11.6. The monoisotopic (exact) mass is 351 g/mol. The number of carboxylic acids is 1. The zero-order chi connectivity index (χ0) is 8.27. The Hall–Kier alpha value is -0.375. The van der Waals surface area contributed by atoms with Gasteiger partial charge in [0.05, 0.1) is 0 Å². The van der Waals surface area contributed by atoms with E-state index in [-0.39, 0.29) is 27.7 Å². The van der Waals surface area contributed by atoms with Crippen LogP contribution in [0.15, 0.2) is 30.3 Å². The Morgan fingerprint density at radius 3 is 2.25 bits per heavy atom. The largest absolute Gasteiger partial charge is 1.00 e. The van der Waals surface area contributed by atoms with E-state index in [0.717, 1.165) is 5.56 Å². The van der Waals surface area contributed by atoms with Crippen LogP contribution in [0.4, 0.5) is 0 Å². The van der Waals surface area contributed by atoms with Crippen molar-refractivity contribution in [3.05, 3.63) is 35.9 Å². The molecular weight excluding hydrogens is 341 g/mol. The molecule has 0 N–H and O–H groups in total. The summed E-state index contributed by atoms with van der Waals surface area (Å²) in [6.45, 7) is 1.62. The molecule has 0 saturated heterocycles. The minimum atomic E-state index is -1.03. The van der Waals surface area contributed by atoms with E-state index >= 15 is 0 Å². The van der Waals surface area contributed by atoms with Crippen LogP contribution in [0.5, 0.6) is 0 Å². The van der Waals surface area contributed by atoms with Gasteiger partial charge in [-0.15, -0.1) is 0 Å². The summed E-state index contributed by atoms with van der Waals surface area (Å²) in [6, 6.07) is 9.04. The second-order valence-corrected chi connectivity index (χ2v) is 2.45. The number of aliphatic carboxylic acids is 1. The molecule has 0 aromatic heterocycles. The number of carboxylic acid groups (broad SMARTS) is 1. The summed E-state index contributed by atoms with van der Waals surface area (Å²) < 4.78 is 0. The molecule has 0 saturated carbocycles. The van der Waals surface area contributed by atoms with Crippen molar-refractivity contribution >= 4 is 5.97 Å². The third-order valence-electron chi connectivity index (χ3n) is 1.65. The summed E-state index contributed by atoms with van der Waals surface area (Å²) in [5, 5.41) is 10.4. The van der Waals surface area contributed by atoms with E-state index < -0.39 is 11.9 Å². The normalized spacial score (nSPS) is 11.4. The van der Waals surface area contributed by atoms with Gasteiger partial charge in [-0.3, -0.25) is 0 Å². The number of carbonyl (C=O) groups excluding carboxylic acids is 1. The van der Waals surface area contributed by atoms with Crippen molar-refractivity contribution in [2.45, 2.75) is 12.8 Å². The second kappa shape index (κ2) is 5.30. The van der Waals surface area contributed by atoms with Crippen molar-refractivity contribution in [2.75, 3.05) is 0 Å². The first-order chi connectivity index (χ1) is 5.22. The predicted molar refractivity (Wildman–Crippen MR) is 39.9 cm³/mol. The fraction of sp³-hybridized carbons (Fsp3) is 0.222. The molecule has 0 aliphatic heterocycles. The first-order valence-corrected chi connectivity index (χ1v) is 3.47. The quantitative estimate of drug-likeness (QED) is 0.731. The van der Waals surface area contributed by atoms with Crippen LogP contribution in [0.2, 0.25) is 0 Å². The average molecular weight is 350 g/mol. The van der Waals surface area contributed by atoms with Gasteiger partial charge in [-0.1, -0.05) is 37.3 Å². The maximum atomic E-state index is 10.4. The summed E-state index contributed by atoms with van der Waals surface area (Å²) in [6.07, 6.45) is 0. The maximum Gasteiger partial charge on any atom is 1.00 e. The smallest absolute Gasteiger partial charge is 0.550 e. The number of benzene rings is 1. The Bertz CT molecular complexity index is 246. The van der Waals surface area contributed by atoms with Crippen LogP contribution in [0, 0.1) is 0 Å². The first-order valence-electron chi connectivity index (χ1n) is 3.47. The molecule has 1 radical (unpaired) electrons. The standard InChI is InChI=1S/C9H10O2.Hg/c1-7(9(10)11)8-5-3-2-4-6-8;/h2-7H,1H3,(H,10,11);/q;+1/p-1.